The van der Waals surface area contributed by atoms with Crippen LogP contribution in [0.15, 0.2) is 60.8 Å². The van der Waals surface area contributed by atoms with Gasteiger partial charge in [-0.1, -0.05) is 55.5 Å². The summed E-state index contributed by atoms with van der Waals surface area (Å²) in [5.74, 6) is -1.19. The van der Waals surface area contributed by atoms with Crippen molar-refractivity contribution in [3.8, 4) is 0 Å². The van der Waals surface area contributed by atoms with Crippen molar-refractivity contribution >= 4 is 22.8 Å². The summed E-state index contributed by atoms with van der Waals surface area (Å²) < 4.78 is 0. The molecule has 5 heteroatoms. The van der Waals surface area contributed by atoms with E-state index in [-0.39, 0.29) is 24.7 Å². The molecule has 3 rings (SSSR count). The van der Waals surface area contributed by atoms with Gasteiger partial charge in [-0.25, -0.2) is 4.79 Å². The van der Waals surface area contributed by atoms with Crippen LogP contribution in [-0.2, 0) is 16.0 Å². The van der Waals surface area contributed by atoms with Crippen LogP contribution in [0.4, 0.5) is 0 Å². The summed E-state index contributed by atoms with van der Waals surface area (Å²) in [6, 6.07) is 16.6. The number of carboxylic acid groups (broad SMARTS) is 1. The van der Waals surface area contributed by atoms with E-state index in [0.717, 1.165) is 28.5 Å². The predicted octanol–water partition coefficient (Wildman–Crippen LogP) is 3.86. The first-order chi connectivity index (χ1) is 13.1. The van der Waals surface area contributed by atoms with Gasteiger partial charge in [0.25, 0.3) is 0 Å². The summed E-state index contributed by atoms with van der Waals surface area (Å²) in [7, 11) is 0. The lowest BCUT2D eigenvalue weighted by molar-refractivity contribution is -0.141. The van der Waals surface area contributed by atoms with E-state index in [9.17, 15) is 14.7 Å². The van der Waals surface area contributed by atoms with Crippen molar-refractivity contribution in [3.05, 3.63) is 71.9 Å². The number of benzene rings is 2. The number of amides is 1. The van der Waals surface area contributed by atoms with Gasteiger partial charge in [0.2, 0.25) is 5.91 Å². The van der Waals surface area contributed by atoms with Crippen molar-refractivity contribution in [1.82, 2.24) is 10.3 Å². The van der Waals surface area contributed by atoms with Crippen LogP contribution in [0.5, 0.6) is 0 Å². The molecule has 0 spiro atoms. The molecule has 2 atom stereocenters. The summed E-state index contributed by atoms with van der Waals surface area (Å²) in [6.45, 7) is 2.03. The van der Waals surface area contributed by atoms with E-state index in [4.69, 9.17) is 0 Å². The molecule has 1 amide bonds. The molecule has 5 nitrogen and oxygen atoms in total. The Balaban J connectivity index is 1.68. The Kier molecular flexibility index (Phi) is 5.91. The Morgan fingerprint density at radius 1 is 1.07 bits per heavy atom. The number of hydrogen-bond acceptors (Lipinski definition) is 2. The van der Waals surface area contributed by atoms with Crippen molar-refractivity contribution in [3.63, 3.8) is 0 Å². The molecular weight excluding hydrogens is 340 g/mol. The fraction of sp³-hybridized carbons (Fsp3) is 0.273. The van der Waals surface area contributed by atoms with E-state index in [1.807, 2.05) is 67.7 Å². The lowest BCUT2D eigenvalue weighted by atomic mass is 9.93. The fourth-order valence-corrected chi connectivity index (χ4v) is 3.42. The van der Waals surface area contributed by atoms with E-state index in [0.29, 0.717) is 0 Å². The lowest BCUT2D eigenvalue weighted by Gasteiger charge is -2.18. The number of aliphatic carboxylic acids is 1. The minimum atomic E-state index is -1.03. The van der Waals surface area contributed by atoms with Crippen LogP contribution in [0, 0.1) is 0 Å². The molecular formula is C22H24N2O3. The molecule has 140 valence electrons. The zero-order valence-corrected chi connectivity index (χ0v) is 15.3. The maximum atomic E-state index is 12.5. The number of hydrogen-bond donors (Lipinski definition) is 3. The Labute approximate surface area is 158 Å². The number of nitrogens with one attached hydrogen (secondary N) is 2. The van der Waals surface area contributed by atoms with Gasteiger partial charge in [0.1, 0.15) is 6.04 Å². The second-order valence-corrected chi connectivity index (χ2v) is 6.74. The second-order valence-electron chi connectivity index (χ2n) is 6.74. The lowest BCUT2D eigenvalue weighted by Crippen LogP contribution is -2.42. The molecule has 0 aliphatic carbocycles. The van der Waals surface area contributed by atoms with E-state index >= 15 is 0 Å². The summed E-state index contributed by atoms with van der Waals surface area (Å²) in [5.41, 5.74) is 2.94. The predicted molar refractivity (Wildman–Crippen MR) is 106 cm³/mol. The molecule has 0 aliphatic rings. The standard InChI is InChI=1S/C22H24N2O3/c1-2-15(16-8-4-3-5-9-16)13-21(25)24-20(22(26)27)12-17-14-23-19-11-7-6-10-18(17)19/h3-11,14-15,20,23H,2,12-13H2,1H3,(H,24,25)(H,26,27). The van der Waals surface area contributed by atoms with Gasteiger partial charge in [-0.15, -0.1) is 0 Å². The van der Waals surface area contributed by atoms with Crippen molar-refractivity contribution in [2.24, 2.45) is 0 Å². The quantitative estimate of drug-likeness (QED) is 0.567. The Bertz CT molecular complexity index is 917. The maximum Gasteiger partial charge on any atom is 0.326 e. The van der Waals surface area contributed by atoms with Gasteiger partial charge in [-0.05, 0) is 29.5 Å². The Hall–Kier alpha value is -3.08. The molecule has 1 heterocycles. The van der Waals surface area contributed by atoms with Gasteiger partial charge in [0.15, 0.2) is 0 Å². The first-order valence-electron chi connectivity index (χ1n) is 9.20. The van der Waals surface area contributed by atoms with E-state index in [2.05, 4.69) is 10.3 Å². The summed E-state index contributed by atoms with van der Waals surface area (Å²) in [5, 5.41) is 13.3. The van der Waals surface area contributed by atoms with Gasteiger partial charge >= 0.3 is 5.97 Å². The number of aromatic amines is 1. The highest BCUT2D eigenvalue weighted by atomic mass is 16.4. The molecule has 0 radical (unpaired) electrons. The van der Waals surface area contributed by atoms with Crippen LogP contribution >= 0.6 is 0 Å². The van der Waals surface area contributed by atoms with Crippen molar-refractivity contribution in [1.29, 1.82) is 0 Å². The largest absolute Gasteiger partial charge is 0.480 e. The number of para-hydroxylation sites is 1. The molecule has 2 unspecified atom stereocenters. The molecule has 0 bridgehead atoms. The maximum absolute atomic E-state index is 12.5. The number of carbonyl (C=O) groups is 2. The van der Waals surface area contributed by atoms with Crippen LogP contribution < -0.4 is 5.32 Å². The number of rotatable bonds is 8. The molecule has 0 fully saturated rings. The minimum Gasteiger partial charge on any atom is -0.480 e. The second kappa shape index (κ2) is 8.54. The average molecular weight is 364 g/mol. The molecule has 0 aliphatic heterocycles. The topological polar surface area (TPSA) is 82.2 Å². The number of fused-ring (bicyclic) bond motifs is 1. The summed E-state index contributed by atoms with van der Waals surface area (Å²) >= 11 is 0. The fourth-order valence-electron chi connectivity index (χ4n) is 3.42. The van der Waals surface area contributed by atoms with Crippen LogP contribution in [0.3, 0.4) is 0 Å². The molecule has 27 heavy (non-hydrogen) atoms. The summed E-state index contributed by atoms with van der Waals surface area (Å²) in [4.78, 5) is 27.4. The third-order valence-corrected chi connectivity index (χ3v) is 4.93. The van der Waals surface area contributed by atoms with E-state index in [1.54, 1.807) is 0 Å². The normalized spacial score (nSPS) is 13.2. The van der Waals surface area contributed by atoms with Crippen molar-refractivity contribution in [2.75, 3.05) is 0 Å². The number of carboxylic acids is 1. The third kappa shape index (κ3) is 4.56. The molecule has 0 saturated heterocycles. The zero-order valence-electron chi connectivity index (χ0n) is 15.3. The van der Waals surface area contributed by atoms with Crippen LogP contribution in [-0.4, -0.2) is 28.0 Å². The first-order valence-corrected chi connectivity index (χ1v) is 9.20. The average Bonchev–Trinajstić information content (AvgIpc) is 3.09. The molecule has 1 aromatic heterocycles. The van der Waals surface area contributed by atoms with Crippen LogP contribution in [0.2, 0.25) is 0 Å². The molecule has 3 N–H and O–H groups in total. The van der Waals surface area contributed by atoms with E-state index < -0.39 is 12.0 Å². The van der Waals surface area contributed by atoms with Crippen molar-refractivity contribution < 1.29 is 14.7 Å². The van der Waals surface area contributed by atoms with E-state index in [1.165, 1.54) is 0 Å². The van der Waals surface area contributed by atoms with Gasteiger partial charge in [-0.2, -0.15) is 0 Å². The van der Waals surface area contributed by atoms with Crippen LogP contribution in [0.25, 0.3) is 10.9 Å². The summed E-state index contributed by atoms with van der Waals surface area (Å²) in [6.07, 6.45) is 3.15. The molecule has 2 aromatic carbocycles. The van der Waals surface area contributed by atoms with Crippen molar-refractivity contribution in [2.45, 2.75) is 38.1 Å². The molecule has 3 aromatic rings. The number of carbonyl (C=O) groups excluding carboxylic acids is 1. The number of aromatic nitrogens is 1. The van der Waals surface area contributed by atoms with Gasteiger partial charge in [0, 0.05) is 29.9 Å². The zero-order chi connectivity index (χ0) is 19.2. The van der Waals surface area contributed by atoms with Gasteiger partial charge < -0.3 is 15.4 Å². The highest BCUT2D eigenvalue weighted by Crippen LogP contribution is 2.23. The highest BCUT2D eigenvalue weighted by Gasteiger charge is 2.23. The highest BCUT2D eigenvalue weighted by molar-refractivity contribution is 5.87. The third-order valence-electron chi connectivity index (χ3n) is 4.93. The number of H-pyrrole nitrogens is 1. The minimum absolute atomic E-state index is 0.0775. The first kappa shape index (κ1) is 18.7. The molecule has 0 saturated carbocycles. The SMILES string of the molecule is CCC(CC(=O)NC(Cc1c[nH]c2ccccc12)C(=O)O)c1ccccc1. The van der Waals surface area contributed by atoms with Gasteiger partial charge in [0.05, 0.1) is 0 Å². The Morgan fingerprint density at radius 2 is 1.78 bits per heavy atom. The monoisotopic (exact) mass is 364 g/mol. The van der Waals surface area contributed by atoms with Crippen LogP contribution in [0.1, 0.15) is 36.8 Å². The van der Waals surface area contributed by atoms with Gasteiger partial charge in [-0.3, -0.25) is 4.79 Å². The smallest absolute Gasteiger partial charge is 0.326 e. The Morgan fingerprint density at radius 3 is 2.48 bits per heavy atom.